The average Bonchev–Trinajstić information content (AvgIpc) is 3.00. The molecule has 0 aliphatic rings. The monoisotopic (exact) mass is 295 g/mol. The molecule has 0 aliphatic carbocycles. The summed E-state index contributed by atoms with van der Waals surface area (Å²) >= 11 is 0. The van der Waals surface area contributed by atoms with Crippen molar-refractivity contribution in [1.29, 1.82) is 0 Å². The highest BCUT2D eigenvalue weighted by molar-refractivity contribution is 5.51. The van der Waals surface area contributed by atoms with Crippen molar-refractivity contribution in [3.05, 3.63) is 65.5 Å². The number of tetrazole rings is 1. The van der Waals surface area contributed by atoms with Gasteiger partial charge in [0.1, 0.15) is 0 Å². The number of aliphatic hydroxyl groups excluding tert-OH is 1. The number of benzene rings is 2. The van der Waals surface area contributed by atoms with E-state index in [1.165, 1.54) is 0 Å². The van der Waals surface area contributed by atoms with Gasteiger partial charge < -0.3 is 10.4 Å². The summed E-state index contributed by atoms with van der Waals surface area (Å²) in [6.07, 6.45) is 0. The molecule has 3 aromatic rings. The third-order valence-corrected chi connectivity index (χ3v) is 3.42. The number of aliphatic hydroxyl groups is 1. The highest BCUT2D eigenvalue weighted by atomic mass is 16.3. The molecule has 0 fully saturated rings. The third kappa shape index (κ3) is 3.12. The van der Waals surface area contributed by atoms with Crippen LogP contribution in [0.3, 0.4) is 0 Å². The molecule has 3 rings (SSSR count). The number of aromatic nitrogens is 4. The van der Waals surface area contributed by atoms with Crippen molar-refractivity contribution >= 4 is 5.69 Å². The van der Waals surface area contributed by atoms with E-state index in [9.17, 15) is 0 Å². The molecule has 2 N–H and O–H groups in total. The quantitative estimate of drug-likeness (QED) is 0.753. The zero-order chi connectivity index (χ0) is 15.4. The van der Waals surface area contributed by atoms with E-state index >= 15 is 0 Å². The van der Waals surface area contributed by atoms with Crippen LogP contribution in [0.2, 0.25) is 0 Å². The molecule has 0 spiro atoms. The fourth-order valence-corrected chi connectivity index (χ4v) is 2.18. The maximum absolute atomic E-state index is 9.05. The number of nitrogens with zero attached hydrogens (tertiary/aromatic N) is 4. The minimum absolute atomic E-state index is 0.0705. The first-order valence-electron chi connectivity index (χ1n) is 7.04. The Balaban J connectivity index is 1.71. The third-order valence-electron chi connectivity index (χ3n) is 3.42. The van der Waals surface area contributed by atoms with E-state index in [-0.39, 0.29) is 6.61 Å². The molecule has 0 bridgehead atoms. The zero-order valence-corrected chi connectivity index (χ0v) is 12.3. The standard InChI is InChI=1S/C16H17N5O/c1-12-18-19-20-21(12)16-4-2-3-15(9-16)17-10-13-5-7-14(11-22)8-6-13/h2-9,17,22H,10-11H2,1H3. The van der Waals surface area contributed by atoms with Crippen LogP contribution in [0.25, 0.3) is 5.69 Å². The fraction of sp³-hybridized carbons (Fsp3) is 0.188. The minimum atomic E-state index is 0.0705. The zero-order valence-electron chi connectivity index (χ0n) is 12.3. The Hall–Kier alpha value is -2.73. The molecule has 0 aliphatic heterocycles. The van der Waals surface area contributed by atoms with Crippen molar-refractivity contribution < 1.29 is 5.11 Å². The predicted octanol–water partition coefficient (Wildman–Crippen LogP) is 2.08. The van der Waals surface area contributed by atoms with Gasteiger partial charge in [-0.05, 0) is 46.7 Å². The van der Waals surface area contributed by atoms with E-state index in [0.29, 0.717) is 6.54 Å². The fourth-order valence-electron chi connectivity index (χ4n) is 2.18. The van der Waals surface area contributed by atoms with Crippen LogP contribution in [0.1, 0.15) is 17.0 Å². The van der Waals surface area contributed by atoms with E-state index in [4.69, 9.17) is 5.11 Å². The summed E-state index contributed by atoms with van der Waals surface area (Å²) in [6, 6.07) is 15.8. The Kier molecular flexibility index (Phi) is 4.11. The molecule has 22 heavy (non-hydrogen) atoms. The molecule has 1 heterocycles. The Labute approximate surface area is 128 Å². The molecule has 0 radical (unpaired) electrons. The Morgan fingerprint density at radius 1 is 1.09 bits per heavy atom. The number of anilines is 1. The Bertz CT molecular complexity index is 751. The van der Waals surface area contributed by atoms with E-state index < -0.39 is 0 Å². The van der Waals surface area contributed by atoms with E-state index in [0.717, 1.165) is 28.3 Å². The Morgan fingerprint density at radius 2 is 1.86 bits per heavy atom. The van der Waals surface area contributed by atoms with Crippen LogP contribution in [0, 0.1) is 6.92 Å². The number of hydrogen-bond donors (Lipinski definition) is 2. The van der Waals surface area contributed by atoms with Gasteiger partial charge in [-0.3, -0.25) is 0 Å². The molecule has 6 nitrogen and oxygen atoms in total. The van der Waals surface area contributed by atoms with Gasteiger partial charge in [-0.2, -0.15) is 4.68 Å². The largest absolute Gasteiger partial charge is 0.392 e. The maximum atomic E-state index is 9.05. The lowest BCUT2D eigenvalue weighted by Crippen LogP contribution is -2.03. The normalized spacial score (nSPS) is 10.6. The predicted molar refractivity (Wildman–Crippen MR) is 83.6 cm³/mol. The first-order valence-corrected chi connectivity index (χ1v) is 7.04. The molecular formula is C16H17N5O. The van der Waals surface area contributed by atoms with Crippen LogP contribution in [-0.4, -0.2) is 25.3 Å². The molecule has 112 valence electrons. The van der Waals surface area contributed by atoms with Gasteiger partial charge in [-0.15, -0.1) is 5.10 Å². The molecule has 0 unspecified atom stereocenters. The highest BCUT2D eigenvalue weighted by Gasteiger charge is 2.04. The van der Waals surface area contributed by atoms with Crippen molar-refractivity contribution in [1.82, 2.24) is 20.2 Å². The molecule has 6 heteroatoms. The number of hydrogen-bond acceptors (Lipinski definition) is 5. The van der Waals surface area contributed by atoms with Gasteiger partial charge in [-0.1, -0.05) is 30.3 Å². The molecule has 0 saturated carbocycles. The summed E-state index contributed by atoms with van der Waals surface area (Å²) in [5, 5.41) is 23.9. The summed E-state index contributed by atoms with van der Waals surface area (Å²) in [6.45, 7) is 2.65. The molecule has 0 atom stereocenters. The average molecular weight is 295 g/mol. The molecule has 0 amide bonds. The number of aryl methyl sites for hydroxylation is 1. The van der Waals surface area contributed by atoms with Gasteiger partial charge in [-0.25, -0.2) is 0 Å². The number of nitrogens with one attached hydrogen (secondary N) is 1. The van der Waals surface area contributed by atoms with Gasteiger partial charge in [0.05, 0.1) is 12.3 Å². The van der Waals surface area contributed by atoms with Crippen LogP contribution in [0.4, 0.5) is 5.69 Å². The van der Waals surface area contributed by atoms with Crippen LogP contribution >= 0.6 is 0 Å². The lowest BCUT2D eigenvalue weighted by atomic mass is 10.1. The molecule has 2 aromatic carbocycles. The van der Waals surface area contributed by atoms with Gasteiger partial charge in [0.2, 0.25) is 0 Å². The van der Waals surface area contributed by atoms with Crippen molar-refractivity contribution in [3.8, 4) is 5.69 Å². The van der Waals surface area contributed by atoms with Gasteiger partial charge >= 0.3 is 0 Å². The van der Waals surface area contributed by atoms with Crippen LogP contribution in [0.5, 0.6) is 0 Å². The van der Waals surface area contributed by atoms with Crippen molar-refractivity contribution in [2.24, 2.45) is 0 Å². The molecule has 0 saturated heterocycles. The second kappa shape index (κ2) is 6.36. The van der Waals surface area contributed by atoms with Gasteiger partial charge in [0, 0.05) is 12.2 Å². The summed E-state index contributed by atoms with van der Waals surface area (Å²) in [4.78, 5) is 0. The van der Waals surface area contributed by atoms with E-state index in [1.807, 2.05) is 55.5 Å². The topological polar surface area (TPSA) is 75.9 Å². The minimum Gasteiger partial charge on any atom is -0.392 e. The van der Waals surface area contributed by atoms with Crippen molar-refractivity contribution in [2.45, 2.75) is 20.1 Å². The van der Waals surface area contributed by atoms with E-state index in [2.05, 4.69) is 20.8 Å². The maximum Gasteiger partial charge on any atom is 0.153 e. The van der Waals surface area contributed by atoms with Crippen LogP contribution in [0.15, 0.2) is 48.5 Å². The molecule has 1 aromatic heterocycles. The lowest BCUT2D eigenvalue weighted by molar-refractivity contribution is 0.282. The van der Waals surface area contributed by atoms with E-state index in [1.54, 1.807) is 4.68 Å². The summed E-state index contributed by atoms with van der Waals surface area (Å²) in [7, 11) is 0. The SMILES string of the molecule is Cc1nnnn1-c1cccc(NCc2ccc(CO)cc2)c1. The second-order valence-electron chi connectivity index (χ2n) is 5.02. The first kappa shape index (κ1) is 14.2. The summed E-state index contributed by atoms with van der Waals surface area (Å²) < 4.78 is 1.70. The van der Waals surface area contributed by atoms with Crippen LogP contribution < -0.4 is 5.32 Å². The number of rotatable bonds is 5. The lowest BCUT2D eigenvalue weighted by Gasteiger charge is -2.09. The van der Waals surface area contributed by atoms with Crippen molar-refractivity contribution in [2.75, 3.05) is 5.32 Å². The smallest absolute Gasteiger partial charge is 0.153 e. The van der Waals surface area contributed by atoms with Crippen molar-refractivity contribution in [3.63, 3.8) is 0 Å². The first-order chi connectivity index (χ1) is 10.8. The highest BCUT2D eigenvalue weighted by Crippen LogP contribution is 2.16. The second-order valence-corrected chi connectivity index (χ2v) is 5.02. The van der Waals surface area contributed by atoms with Gasteiger partial charge in [0.25, 0.3) is 0 Å². The Morgan fingerprint density at radius 3 is 2.55 bits per heavy atom. The summed E-state index contributed by atoms with van der Waals surface area (Å²) in [5.74, 6) is 0.747. The van der Waals surface area contributed by atoms with Crippen LogP contribution in [-0.2, 0) is 13.2 Å². The molecular weight excluding hydrogens is 278 g/mol. The van der Waals surface area contributed by atoms with Gasteiger partial charge in [0.15, 0.2) is 5.82 Å². The summed E-state index contributed by atoms with van der Waals surface area (Å²) in [5.41, 5.74) is 3.99.